The van der Waals surface area contributed by atoms with Crippen LogP contribution in [0.5, 0.6) is 0 Å². The number of nitrogens with zero attached hydrogens (tertiary/aromatic N) is 2. The Morgan fingerprint density at radius 3 is 2.93 bits per heavy atom. The van der Waals surface area contributed by atoms with Crippen LogP contribution in [0.2, 0.25) is 0 Å². The maximum Gasteiger partial charge on any atom is 0.0600 e. The maximum absolute atomic E-state index is 6.06. The van der Waals surface area contributed by atoms with E-state index >= 15 is 0 Å². The lowest BCUT2D eigenvalue weighted by Gasteiger charge is -2.11. The number of hydrogen-bond acceptors (Lipinski definition) is 3. The molecular formula is C10H12N4. The van der Waals surface area contributed by atoms with Crippen molar-refractivity contribution in [2.75, 3.05) is 0 Å². The number of nitrogens with two attached hydrogens (primary N) is 1. The minimum absolute atomic E-state index is 0.151. The summed E-state index contributed by atoms with van der Waals surface area (Å²) in [4.78, 5) is 4.07. The highest BCUT2D eigenvalue weighted by atomic mass is 15.1. The molecule has 0 aliphatic rings. The van der Waals surface area contributed by atoms with E-state index in [0.29, 0.717) is 0 Å². The molecule has 2 aromatic heterocycles. The van der Waals surface area contributed by atoms with Gasteiger partial charge in [0.25, 0.3) is 0 Å². The number of H-pyrrole nitrogens is 1. The molecule has 4 nitrogen and oxygen atoms in total. The summed E-state index contributed by atoms with van der Waals surface area (Å²) in [5, 5.41) is 6.62. The summed E-state index contributed by atoms with van der Waals surface area (Å²) >= 11 is 0. The molecule has 0 aromatic carbocycles. The largest absolute Gasteiger partial charge is 0.320 e. The van der Waals surface area contributed by atoms with Gasteiger partial charge in [-0.15, -0.1) is 0 Å². The van der Waals surface area contributed by atoms with Gasteiger partial charge in [-0.05, 0) is 24.1 Å². The molecule has 0 amide bonds. The van der Waals surface area contributed by atoms with Crippen LogP contribution in [0.1, 0.15) is 22.7 Å². The molecule has 0 aliphatic heterocycles. The van der Waals surface area contributed by atoms with Crippen molar-refractivity contribution < 1.29 is 0 Å². The fourth-order valence-corrected chi connectivity index (χ4v) is 1.41. The minimum Gasteiger partial charge on any atom is -0.320 e. The molecule has 3 N–H and O–H groups in total. The highest BCUT2D eigenvalue weighted by molar-refractivity contribution is 5.31. The van der Waals surface area contributed by atoms with Crippen molar-refractivity contribution in [3.05, 3.63) is 47.5 Å². The number of aromatic amines is 1. The van der Waals surface area contributed by atoms with Crippen LogP contribution in [0, 0.1) is 6.92 Å². The van der Waals surface area contributed by atoms with E-state index in [4.69, 9.17) is 5.73 Å². The van der Waals surface area contributed by atoms with Crippen LogP contribution >= 0.6 is 0 Å². The van der Waals surface area contributed by atoms with E-state index in [1.165, 1.54) is 0 Å². The monoisotopic (exact) mass is 188 g/mol. The van der Waals surface area contributed by atoms with Crippen LogP contribution in [-0.2, 0) is 0 Å². The van der Waals surface area contributed by atoms with Crippen molar-refractivity contribution >= 4 is 0 Å². The lowest BCUT2D eigenvalue weighted by atomic mass is 10.0. The van der Waals surface area contributed by atoms with Crippen LogP contribution in [0.25, 0.3) is 0 Å². The van der Waals surface area contributed by atoms with E-state index in [0.717, 1.165) is 16.7 Å². The van der Waals surface area contributed by atoms with E-state index in [9.17, 15) is 0 Å². The molecule has 72 valence electrons. The lowest BCUT2D eigenvalue weighted by molar-refractivity contribution is 0.853. The number of hydrogen-bond donors (Lipinski definition) is 2. The molecule has 0 radical (unpaired) electrons. The van der Waals surface area contributed by atoms with Gasteiger partial charge in [-0.1, -0.05) is 0 Å². The fraction of sp³-hybridized carbons (Fsp3) is 0.200. The molecule has 0 saturated carbocycles. The summed E-state index contributed by atoms with van der Waals surface area (Å²) in [5.74, 6) is 0. The second kappa shape index (κ2) is 3.59. The minimum atomic E-state index is -0.151. The van der Waals surface area contributed by atoms with Crippen LogP contribution < -0.4 is 5.73 Å². The number of aryl methyl sites for hydroxylation is 1. The molecule has 0 aliphatic carbocycles. The Hall–Kier alpha value is -1.68. The number of rotatable bonds is 2. The van der Waals surface area contributed by atoms with Crippen LogP contribution in [0.3, 0.4) is 0 Å². The predicted octanol–water partition coefficient (Wildman–Crippen LogP) is 1.16. The van der Waals surface area contributed by atoms with Crippen molar-refractivity contribution in [1.82, 2.24) is 15.2 Å². The number of aromatic nitrogens is 3. The Morgan fingerprint density at radius 2 is 2.29 bits per heavy atom. The van der Waals surface area contributed by atoms with Crippen LogP contribution in [0.15, 0.2) is 30.9 Å². The highest BCUT2D eigenvalue weighted by Crippen LogP contribution is 2.20. The molecule has 14 heavy (non-hydrogen) atoms. The molecule has 2 aromatic rings. The molecule has 0 spiro atoms. The first kappa shape index (κ1) is 8.90. The van der Waals surface area contributed by atoms with Gasteiger partial charge in [0.05, 0.1) is 12.2 Å². The number of nitrogens with one attached hydrogen (secondary N) is 1. The first-order valence-electron chi connectivity index (χ1n) is 4.44. The first-order chi connectivity index (χ1) is 6.79. The van der Waals surface area contributed by atoms with E-state index in [1.807, 2.05) is 13.0 Å². The van der Waals surface area contributed by atoms with Gasteiger partial charge in [0.2, 0.25) is 0 Å². The van der Waals surface area contributed by atoms with Gasteiger partial charge in [0.1, 0.15) is 0 Å². The summed E-state index contributed by atoms with van der Waals surface area (Å²) in [6, 6.07) is 1.80. The molecule has 2 rings (SSSR count). The second-order valence-corrected chi connectivity index (χ2v) is 3.24. The summed E-state index contributed by atoms with van der Waals surface area (Å²) < 4.78 is 0. The Bertz CT molecular complexity index is 408. The fourth-order valence-electron chi connectivity index (χ4n) is 1.41. The van der Waals surface area contributed by atoms with Crippen LogP contribution in [-0.4, -0.2) is 15.2 Å². The molecule has 0 bridgehead atoms. The van der Waals surface area contributed by atoms with E-state index in [1.54, 1.807) is 24.8 Å². The molecule has 1 atom stereocenters. The zero-order valence-corrected chi connectivity index (χ0v) is 7.94. The van der Waals surface area contributed by atoms with Gasteiger partial charge in [0, 0.05) is 24.2 Å². The van der Waals surface area contributed by atoms with Crippen molar-refractivity contribution in [3.8, 4) is 0 Å². The average molecular weight is 188 g/mol. The summed E-state index contributed by atoms with van der Waals surface area (Å²) in [7, 11) is 0. The zero-order valence-electron chi connectivity index (χ0n) is 7.94. The molecular weight excluding hydrogens is 176 g/mol. The van der Waals surface area contributed by atoms with Crippen molar-refractivity contribution in [1.29, 1.82) is 0 Å². The molecule has 1 unspecified atom stereocenters. The average Bonchev–Trinajstić information content (AvgIpc) is 2.70. The molecule has 0 fully saturated rings. The Labute approximate surface area is 82.2 Å². The standard InChI is InChI=1S/C10H12N4/c1-7-2-3-12-6-9(7)10(11)8-4-13-14-5-8/h2-6,10H,11H2,1H3,(H,13,14). The van der Waals surface area contributed by atoms with Gasteiger partial charge in [0.15, 0.2) is 0 Å². The highest BCUT2D eigenvalue weighted by Gasteiger charge is 2.11. The topological polar surface area (TPSA) is 67.6 Å². The van der Waals surface area contributed by atoms with E-state index < -0.39 is 0 Å². The second-order valence-electron chi connectivity index (χ2n) is 3.24. The smallest absolute Gasteiger partial charge is 0.0600 e. The van der Waals surface area contributed by atoms with Crippen molar-refractivity contribution in [2.45, 2.75) is 13.0 Å². The summed E-state index contributed by atoms with van der Waals surface area (Å²) in [5.41, 5.74) is 9.22. The predicted molar refractivity (Wildman–Crippen MR) is 53.6 cm³/mol. The van der Waals surface area contributed by atoms with Gasteiger partial charge < -0.3 is 5.73 Å². The van der Waals surface area contributed by atoms with Crippen LogP contribution in [0.4, 0.5) is 0 Å². The SMILES string of the molecule is Cc1ccncc1C(N)c1cn[nH]c1. The quantitative estimate of drug-likeness (QED) is 0.743. The Kier molecular flexibility index (Phi) is 2.28. The lowest BCUT2D eigenvalue weighted by Crippen LogP contribution is -2.12. The van der Waals surface area contributed by atoms with Gasteiger partial charge in [-0.3, -0.25) is 10.1 Å². The molecule has 4 heteroatoms. The summed E-state index contributed by atoms with van der Waals surface area (Å²) in [6.45, 7) is 2.02. The molecule has 2 heterocycles. The van der Waals surface area contributed by atoms with Gasteiger partial charge >= 0.3 is 0 Å². The third-order valence-electron chi connectivity index (χ3n) is 2.29. The number of pyridine rings is 1. The van der Waals surface area contributed by atoms with E-state index in [-0.39, 0.29) is 6.04 Å². The normalized spacial score (nSPS) is 12.7. The van der Waals surface area contributed by atoms with Gasteiger partial charge in [-0.25, -0.2) is 0 Å². The van der Waals surface area contributed by atoms with Gasteiger partial charge in [-0.2, -0.15) is 5.10 Å². The third kappa shape index (κ3) is 1.52. The Morgan fingerprint density at radius 1 is 1.43 bits per heavy atom. The maximum atomic E-state index is 6.06. The zero-order chi connectivity index (χ0) is 9.97. The summed E-state index contributed by atoms with van der Waals surface area (Å²) in [6.07, 6.45) is 7.10. The Balaban J connectivity index is 2.37. The van der Waals surface area contributed by atoms with Crippen molar-refractivity contribution in [3.63, 3.8) is 0 Å². The van der Waals surface area contributed by atoms with Crippen molar-refractivity contribution in [2.24, 2.45) is 5.73 Å². The van der Waals surface area contributed by atoms with E-state index in [2.05, 4.69) is 15.2 Å². The third-order valence-corrected chi connectivity index (χ3v) is 2.29. The first-order valence-corrected chi connectivity index (χ1v) is 4.44. The molecule has 0 saturated heterocycles.